The molecule has 92 valence electrons. The summed E-state index contributed by atoms with van der Waals surface area (Å²) in [6.45, 7) is 9.57. The molecule has 1 fully saturated rings. The Morgan fingerprint density at radius 1 is 1.38 bits per heavy atom. The van der Waals surface area contributed by atoms with Gasteiger partial charge in [-0.25, -0.2) is 0 Å². The van der Waals surface area contributed by atoms with E-state index in [2.05, 4.69) is 26.1 Å². The lowest BCUT2D eigenvalue weighted by molar-refractivity contribution is -0.138. The standard InChI is InChI=1S/C12H22N2O2/c1-5-14-10(15)8-9(11(14)16)13-7-6-12(2,3)4/h9,13H,5-8H2,1-4H3. The van der Waals surface area contributed by atoms with Crippen molar-refractivity contribution in [3.8, 4) is 0 Å². The molecule has 0 aromatic rings. The van der Waals surface area contributed by atoms with Crippen molar-refractivity contribution in [2.75, 3.05) is 13.1 Å². The number of rotatable bonds is 4. The van der Waals surface area contributed by atoms with Gasteiger partial charge in [0.05, 0.1) is 12.5 Å². The number of amides is 2. The molecule has 4 heteroatoms. The summed E-state index contributed by atoms with van der Waals surface area (Å²) < 4.78 is 0. The number of likely N-dealkylation sites (N-methyl/N-ethyl adjacent to an activating group) is 1. The molecule has 0 radical (unpaired) electrons. The Morgan fingerprint density at radius 3 is 2.44 bits per heavy atom. The minimum atomic E-state index is -0.296. The molecule has 0 aromatic carbocycles. The van der Waals surface area contributed by atoms with Gasteiger partial charge in [-0.15, -0.1) is 0 Å². The van der Waals surface area contributed by atoms with Gasteiger partial charge in [0.15, 0.2) is 0 Å². The highest BCUT2D eigenvalue weighted by Gasteiger charge is 2.36. The first-order chi connectivity index (χ1) is 7.35. The monoisotopic (exact) mass is 226 g/mol. The summed E-state index contributed by atoms with van der Waals surface area (Å²) in [4.78, 5) is 24.5. The van der Waals surface area contributed by atoms with E-state index in [1.807, 2.05) is 6.92 Å². The number of hydrogen-bond donors (Lipinski definition) is 1. The molecule has 1 aliphatic rings. The zero-order valence-electron chi connectivity index (χ0n) is 10.7. The van der Waals surface area contributed by atoms with Crippen molar-refractivity contribution in [2.45, 2.75) is 46.6 Å². The van der Waals surface area contributed by atoms with Crippen molar-refractivity contribution in [3.05, 3.63) is 0 Å². The topological polar surface area (TPSA) is 49.4 Å². The Hall–Kier alpha value is -0.900. The normalized spacial score (nSPS) is 22.0. The summed E-state index contributed by atoms with van der Waals surface area (Å²) in [6.07, 6.45) is 1.31. The molecule has 1 N–H and O–H groups in total. The van der Waals surface area contributed by atoms with Crippen LogP contribution in [0.25, 0.3) is 0 Å². The smallest absolute Gasteiger partial charge is 0.246 e. The number of carbonyl (C=O) groups excluding carboxylic acids is 2. The summed E-state index contributed by atoms with van der Waals surface area (Å²) in [7, 11) is 0. The van der Waals surface area contributed by atoms with E-state index in [1.165, 1.54) is 4.90 Å². The van der Waals surface area contributed by atoms with E-state index in [0.29, 0.717) is 13.0 Å². The summed E-state index contributed by atoms with van der Waals surface area (Å²) in [5.74, 6) is -0.123. The fraction of sp³-hybridized carbons (Fsp3) is 0.833. The third-order valence-electron chi connectivity index (χ3n) is 2.83. The second-order valence-corrected chi connectivity index (χ2v) is 5.50. The van der Waals surface area contributed by atoms with Gasteiger partial charge in [0, 0.05) is 6.54 Å². The molecule has 16 heavy (non-hydrogen) atoms. The molecule has 1 atom stereocenters. The minimum absolute atomic E-state index is 0.0549. The van der Waals surface area contributed by atoms with Crippen LogP contribution < -0.4 is 5.32 Å². The molecule has 0 spiro atoms. The Kier molecular flexibility index (Phi) is 4.08. The second kappa shape index (κ2) is 4.95. The lowest BCUT2D eigenvalue weighted by Gasteiger charge is -2.19. The summed E-state index contributed by atoms with van der Waals surface area (Å²) in [5.41, 5.74) is 0.253. The average molecular weight is 226 g/mol. The molecule has 0 aliphatic carbocycles. The van der Waals surface area contributed by atoms with E-state index in [1.54, 1.807) is 0 Å². The van der Waals surface area contributed by atoms with E-state index < -0.39 is 0 Å². The molecule has 4 nitrogen and oxygen atoms in total. The summed E-state index contributed by atoms with van der Waals surface area (Å²) in [5, 5.41) is 3.17. The summed E-state index contributed by atoms with van der Waals surface area (Å²) in [6, 6.07) is -0.296. The lowest BCUT2D eigenvalue weighted by atomic mass is 9.92. The Labute approximate surface area is 97.4 Å². The fourth-order valence-electron chi connectivity index (χ4n) is 1.80. The van der Waals surface area contributed by atoms with Gasteiger partial charge in [-0.1, -0.05) is 20.8 Å². The number of imide groups is 1. The van der Waals surface area contributed by atoms with Crippen LogP contribution in [0, 0.1) is 5.41 Å². The van der Waals surface area contributed by atoms with Crippen LogP contribution in [0.4, 0.5) is 0 Å². The predicted octanol–water partition coefficient (Wildman–Crippen LogP) is 1.16. The first-order valence-electron chi connectivity index (χ1n) is 5.93. The Morgan fingerprint density at radius 2 is 2.00 bits per heavy atom. The van der Waals surface area contributed by atoms with Gasteiger partial charge in [0.25, 0.3) is 0 Å². The maximum Gasteiger partial charge on any atom is 0.246 e. The van der Waals surface area contributed by atoms with E-state index in [9.17, 15) is 9.59 Å². The van der Waals surface area contributed by atoms with E-state index in [4.69, 9.17) is 0 Å². The highest BCUT2D eigenvalue weighted by Crippen LogP contribution is 2.18. The molecular formula is C12H22N2O2. The van der Waals surface area contributed by atoms with Crippen LogP contribution in [0.15, 0.2) is 0 Å². The SMILES string of the molecule is CCN1C(=O)CC(NCCC(C)(C)C)C1=O. The first-order valence-corrected chi connectivity index (χ1v) is 5.93. The molecule has 1 aliphatic heterocycles. The van der Waals surface area contributed by atoms with Crippen molar-refractivity contribution < 1.29 is 9.59 Å². The van der Waals surface area contributed by atoms with Gasteiger partial charge in [-0.2, -0.15) is 0 Å². The van der Waals surface area contributed by atoms with Crippen LogP contribution in [0.1, 0.15) is 40.5 Å². The first kappa shape index (κ1) is 13.2. The van der Waals surface area contributed by atoms with Crippen LogP contribution in [0.2, 0.25) is 0 Å². The molecule has 1 unspecified atom stereocenters. The van der Waals surface area contributed by atoms with Crippen LogP contribution in [0.3, 0.4) is 0 Å². The molecule has 1 heterocycles. The highest BCUT2D eigenvalue weighted by atomic mass is 16.2. The molecule has 2 amide bonds. The van der Waals surface area contributed by atoms with Crippen molar-refractivity contribution in [1.29, 1.82) is 0 Å². The fourth-order valence-corrected chi connectivity index (χ4v) is 1.80. The van der Waals surface area contributed by atoms with Gasteiger partial charge in [0.1, 0.15) is 0 Å². The third-order valence-corrected chi connectivity index (χ3v) is 2.83. The average Bonchev–Trinajstić information content (AvgIpc) is 2.40. The van der Waals surface area contributed by atoms with Crippen molar-refractivity contribution in [2.24, 2.45) is 5.41 Å². The maximum atomic E-state index is 11.7. The van der Waals surface area contributed by atoms with Crippen LogP contribution in [-0.2, 0) is 9.59 Å². The molecule has 1 rings (SSSR count). The van der Waals surface area contributed by atoms with E-state index >= 15 is 0 Å². The van der Waals surface area contributed by atoms with E-state index in [-0.39, 0.29) is 23.3 Å². The zero-order valence-corrected chi connectivity index (χ0v) is 10.7. The van der Waals surface area contributed by atoms with Crippen LogP contribution >= 0.6 is 0 Å². The molecule has 0 aromatic heterocycles. The minimum Gasteiger partial charge on any atom is -0.305 e. The van der Waals surface area contributed by atoms with Crippen molar-refractivity contribution in [1.82, 2.24) is 10.2 Å². The number of likely N-dealkylation sites (tertiary alicyclic amines) is 1. The van der Waals surface area contributed by atoms with Gasteiger partial charge < -0.3 is 5.32 Å². The number of nitrogens with zero attached hydrogens (tertiary/aromatic N) is 1. The molecule has 1 saturated heterocycles. The summed E-state index contributed by atoms with van der Waals surface area (Å²) >= 11 is 0. The number of nitrogens with one attached hydrogen (secondary N) is 1. The van der Waals surface area contributed by atoms with E-state index in [0.717, 1.165) is 13.0 Å². The van der Waals surface area contributed by atoms with Crippen LogP contribution in [-0.4, -0.2) is 35.8 Å². The Balaban J connectivity index is 2.40. The maximum absolute atomic E-state index is 11.7. The van der Waals surface area contributed by atoms with Crippen LogP contribution in [0.5, 0.6) is 0 Å². The quantitative estimate of drug-likeness (QED) is 0.732. The third kappa shape index (κ3) is 3.30. The van der Waals surface area contributed by atoms with Gasteiger partial charge in [0.2, 0.25) is 11.8 Å². The van der Waals surface area contributed by atoms with Gasteiger partial charge in [-0.05, 0) is 25.3 Å². The van der Waals surface area contributed by atoms with Crippen molar-refractivity contribution >= 4 is 11.8 Å². The number of hydrogen-bond acceptors (Lipinski definition) is 3. The predicted molar refractivity (Wildman–Crippen MR) is 62.9 cm³/mol. The second-order valence-electron chi connectivity index (χ2n) is 5.50. The van der Waals surface area contributed by atoms with Gasteiger partial charge >= 0.3 is 0 Å². The Bertz CT molecular complexity index is 281. The highest BCUT2D eigenvalue weighted by molar-refractivity contribution is 6.05. The largest absolute Gasteiger partial charge is 0.305 e. The van der Waals surface area contributed by atoms with Gasteiger partial charge in [-0.3, -0.25) is 14.5 Å². The molecule has 0 saturated carbocycles. The van der Waals surface area contributed by atoms with Crippen molar-refractivity contribution in [3.63, 3.8) is 0 Å². The zero-order chi connectivity index (χ0) is 12.3. The molecular weight excluding hydrogens is 204 g/mol. The molecule has 0 bridgehead atoms. The lowest BCUT2D eigenvalue weighted by Crippen LogP contribution is -2.39. The number of carbonyl (C=O) groups is 2.